The summed E-state index contributed by atoms with van der Waals surface area (Å²) in [5.74, 6) is 0.876. The monoisotopic (exact) mass is 612 g/mol. The molecule has 0 unspecified atom stereocenters. The molecular weight excluding hydrogens is 579 g/mol. The van der Waals surface area contributed by atoms with Crippen molar-refractivity contribution in [2.75, 3.05) is 27.9 Å². The van der Waals surface area contributed by atoms with Crippen molar-refractivity contribution in [1.82, 2.24) is 0 Å². The summed E-state index contributed by atoms with van der Waals surface area (Å²) >= 11 is 4.47. The molecule has 0 amide bonds. The van der Waals surface area contributed by atoms with Gasteiger partial charge in [0.15, 0.2) is 0 Å². The predicted molar refractivity (Wildman–Crippen MR) is 164 cm³/mol. The number of hydrogen-bond donors (Lipinski definition) is 1. The van der Waals surface area contributed by atoms with Gasteiger partial charge in [-0.25, -0.2) is 0 Å². The maximum absolute atomic E-state index is 10.8. The van der Waals surface area contributed by atoms with Gasteiger partial charge in [0.1, 0.15) is 0 Å². The Labute approximate surface area is 234 Å². The molecule has 8 heteroatoms. The van der Waals surface area contributed by atoms with Crippen LogP contribution in [0.5, 0.6) is 11.5 Å². The van der Waals surface area contributed by atoms with Crippen molar-refractivity contribution in [2.24, 2.45) is 0 Å². The Balaban J connectivity index is 1.92. The third-order valence-corrected chi connectivity index (χ3v) is 19.7. The molecule has 0 fully saturated rings. The molecule has 0 saturated carbocycles. The number of ether oxygens (including phenoxy) is 1. The molecule has 4 aromatic rings. The van der Waals surface area contributed by atoms with Crippen LogP contribution >= 0.6 is 20.8 Å². The van der Waals surface area contributed by atoms with Crippen LogP contribution in [0.2, 0.25) is 6.04 Å². The Morgan fingerprint density at radius 1 is 0.684 bits per heavy atom. The number of phenolic OH excluding ortho intramolecular Hbond substituents is 1. The average Bonchev–Trinajstić information content (AvgIpc) is 2.99. The van der Waals surface area contributed by atoms with Crippen LogP contribution in [0.3, 0.4) is 0 Å². The van der Waals surface area contributed by atoms with E-state index < -0.39 is 14.1 Å². The molecule has 0 bridgehead atoms. The van der Waals surface area contributed by atoms with Gasteiger partial charge >= 0.3 is 235 Å². The van der Waals surface area contributed by atoms with E-state index in [1.807, 2.05) is 30.3 Å². The minimum absolute atomic E-state index is 0.174. The van der Waals surface area contributed by atoms with Crippen molar-refractivity contribution in [3.63, 3.8) is 0 Å². The van der Waals surface area contributed by atoms with Crippen LogP contribution in [0, 0.1) is 0 Å². The second kappa shape index (κ2) is 12.1. The molecule has 0 aromatic heterocycles. The first-order chi connectivity index (χ1) is 18.4. The topological polar surface area (TPSA) is 57.2 Å². The van der Waals surface area contributed by atoms with Gasteiger partial charge in [0.25, 0.3) is 0 Å². The quantitative estimate of drug-likeness (QED) is 0.130. The Hall–Kier alpha value is -2.51. The second-order valence-corrected chi connectivity index (χ2v) is 20.3. The van der Waals surface area contributed by atoms with Crippen molar-refractivity contribution in [3.05, 3.63) is 109 Å². The van der Waals surface area contributed by atoms with Gasteiger partial charge < -0.3 is 0 Å². The van der Waals surface area contributed by atoms with Crippen LogP contribution in [-0.2, 0) is 13.3 Å². The fraction of sp³-hybridized carbons (Fsp3) is 0.200. The Morgan fingerprint density at radius 2 is 1.13 bits per heavy atom. The summed E-state index contributed by atoms with van der Waals surface area (Å²) in [6.07, 6.45) is 0.683. The van der Waals surface area contributed by atoms with Crippen LogP contribution in [0.15, 0.2) is 109 Å². The summed E-state index contributed by atoms with van der Waals surface area (Å²) in [5, 5.41) is 11.5. The predicted octanol–water partition coefficient (Wildman–Crippen LogP) is 5.50. The van der Waals surface area contributed by atoms with Crippen molar-refractivity contribution in [2.45, 2.75) is 12.5 Å². The molecule has 0 radical (unpaired) electrons. The van der Waals surface area contributed by atoms with E-state index in [0.717, 1.165) is 21.2 Å². The SMILES string of the molecule is CO[Si](CCCOc1ccc(O)cc1P(Br)(c1ccccc1)(c1ccccc1)c1ccccc1)(OC)OC. The van der Waals surface area contributed by atoms with E-state index in [9.17, 15) is 5.11 Å². The van der Waals surface area contributed by atoms with Gasteiger partial charge in [0, 0.05) is 0 Å². The first-order valence-corrected chi connectivity index (χ1v) is 18.6. The molecule has 0 saturated heterocycles. The molecule has 0 aliphatic rings. The number of halogens is 1. The minimum atomic E-state index is -3.56. The van der Waals surface area contributed by atoms with Crippen LogP contribution in [0.1, 0.15) is 6.42 Å². The third-order valence-electron chi connectivity index (χ3n) is 6.94. The fourth-order valence-corrected chi connectivity index (χ4v) is 14.5. The third kappa shape index (κ3) is 5.07. The molecule has 0 spiro atoms. The van der Waals surface area contributed by atoms with E-state index >= 15 is 0 Å². The van der Waals surface area contributed by atoms with E-state index in [2.05, 4.69) is 88.3 Å². The number of hydrogen-bond acceptors (Lipinski definition) is 5. The van der Waals surface area contributed by atoms with Gasteiger partial charge in [0.2, 0.25) is 0 Å². The van der Waals surface area contributed by atoms with E-state index in [4.69, 9.17) is 18.0 Å². The second-order valence-electron chi connectivity index (χ2n) is 8.91. The van der Waals surface area contributed by atoms with Gasteiger partial charge in [-0.2, -0.15) is 0 Å². The van der Waals surface area contributed by atoms with E-state index in [1.54, 1.807) is 27.4 Å². The zero-order valence-electron chi connectivity index (χ0n) is 21.9. The Kier molecular flexibility index (Phi) is 9.09. The zero-order valence-corrected chi connectivity index (χ0v) is 25.4. The van der Waals surface area contributed by atoms with Crippen LogP contribution < -0.4 is 26.0 Å². The van der Waals surface area contributed by atoms with Gasteiger partial charge in [-0.1, -0.05) is 0 Å². The molecule has 1 N–H and O–H groups in total. The molecule has 200 valence electrons. The molecule has 0 heterocycles. The summed E-state index contributed by atoms with van der Waals surface area (Å²) in [5.41, 5.74) is 0. The molecule has 4 aromatic carbocycles. The van der Waals surface area contributed by atoms with Crippen LogP contribution in [-0.4, -0.2) is 41.8 Å². The Morgan fingerprint density at radius 3 is 1.55 bits per heavy atom. The van der Waals surface area contributed by atoms with Gasteiger partial charge in [-0.15, -0.1) is 0 Å². The summed E-state index contributed by atoms with van der Waals surface area (Å²) in [6.45, 7) is 0.431. The molecule has 38 heavy (non-hydrogen) atoms. The first kappa shape index (κ1) is 28.5. The first-order valence-electron chi connectivity index (χ1n) is 12.4. The molecule has 5 nitrogen and oxygen atoms in total. The fourth-order valence-electron chi connectivity index (χ4n) is 4.97. The Bertz CT molecular complexity index is 1210. The van der Waals surface area contributed by atoms with Gasteiger partial charge in [-0.05, 0) is 0 Å². The summed E-state index contributed by atoms with van der Waals surface area (Å²) in [7, 11) is 2.14. The number of rotatable bonds is 12. The van der Waals surface area contributed by atoms with Crippen molar-refractivity contribution in [3.8, 4) is 11.5 Å². The van der Waals surface area contributed by atoms with Crippen LogP contribution in [0.25, 0.3) is 0 Å². The number of phenols is 1. The molecular formula is C30H34BrO5PSi. The molecule has 0 aliphatic carbocycles. The molecule has 4 rings (SSSR count). The van der Waals surface area contributed by atoms with Crippen molar-refractivity contribution >= 4 is 50.8 Å². The van der Waals surface area contributed by atoms with Gasteiger partial charge in [-0.3, -0.25) is 0 Å². The van der Waals surface area contributed by atoms with E-state index in [0.29, 0.717) is 24.8 Å². The summed E-state index contributed by atoms with van der Waals surface area (Å²) < 4.78 is 23.2. The van der Waals surface area contributed by atoms with Crippen molar-refractivity contribution < 1.29 is 23.1 Å². The molecule has 0 aliphatic heterocycles. The van der Waals surface area contributed by atoms with E-state index in [-0.39, 0.29) is 5.75 Å². The van der Waals surface area contributed by atoms with Crippen molar-refractivity contribution in [1.29, 1.82) is 0 Å². The molecule has 0 atom stereocenters. The maximum atomic E-state index is 10.8. The zero-order chi connectivity index (χ0) is 27.1. The van der Waals surface area contributed by atoms with E-state index in [1.165, 1.54) is 0 Å². The summed E-state index contributed by atoms with van der Waals surface area (Å²) in [6, 6.07) is 37.3. The van der Waals surface area contributed by atoms with Crippen LogP contribution in [0.4, 0.5) is 0 Å². The average molecular weight is 614 g/mol. The summed E-state index contributed by atoms with van der Waals surface area (Å²) in [4.78, 5) is 0. The number of benzene rings is 4. The van der Waals surface area contributed by atoms with Gasteiger partial charge in [0.05, 0.1) is 0 Å². The normalized spacial score (nSPS) is 13.0. The standard InChI is InChI=1S/C30H34BrO5PSi/c1-33-38(34-2,35-3)23-13-22-36-29-21-20-25(32)24-30(29)37(31,26-14-7-4-8-15-26,27-16-9-5-10-17-27)28-18-11-6-12-19-28/h4-12,14-21,24,32H,13,22-23H2,1-3H3. The number of aromatic hydroxyl groups is 1.